The number of guanidine groups is 1. The molecule has 0 fully saturated rings. The third-order valence-electron chi connectivity index (χ3n) is 5.45. The maximum absolute atomic E-state index is 12.8. The Morgan fingerprint density at radius 3 is 2.45 bits per heavy atom. The molecule has 0 atom stereocenters. The highest BCUT2D eigenvalue weighted by atomic mass is 32.1. The standard InChI is InChI=1S/C25H31N5O2S.C3H6O2/c1-5-7-14-30(17-31)25(32)28-24(29(4)16-19-10-8-18(3)9-11-19)26-20-12-13-21-22(15-20)33-23(6-2)27-21;1-2-5-3-4/h8-13,15,17H,5-7,14,16H2,1-4H3,(H,26,28,32);3H,2H2,1H3. The van der Waals surface area contributed by atoms with Crippen molar-refractivity contribution in [3.05, 3.63) is 58.6 Å². The molecule has 3 amide bonds. The van der Waals surface area contributed by atoms with Gasteiger partial charge in [0, 0.05) is 20.1 Å². The average molecular weight is 540 g/mol. The summed E-state index contributed by atoms with van der Waals surface area (Å²) in [5, 5.41) is 3.92. The summed E-state index contributed by atoms with van der Waals surface area (Å²) in [7, 11) is 1.87. The van der Waals surface area contributed by atoms with Gasteiger partial charge >= 0.3 is 6.03 Å². The topological polar surface area (TPSA) is 104 Å². The number of aliphatic imine (C=N–C) groups is 1. The molecule has 0 aliphatic heterocycles. The summed E-state index contributed by atoms with van der Waals surface area (Å²) in [4.78, 5) is 45.8. The van der Waals surface area contributed by atoms with Crippen molar-refractivity contribution in [2.24, 2.45) is 4.99 Å². The molecule has 3 aromatic rings. The van der Waals surface area contributed by atoms with Crippen molar-refractivity contribution in [3.8, 4) is 0 Å². The smallest absolute Gasteiger partial charge is 0.330 e. The van der Waals surface area contributed by atoms with E-state index < -0.39 is 6.03 Å². The molecule has 0 aliphatic rings. The fourth-order valence-electron chi connectivity index (χ4n) is 3.32. The number of fused-ring (bicyclic) bond motifs is 1. The van der Waals surface area contributed by atoms with Gasteiger partial charge in [-0.15, -0.1) is 11.3 Å². The molecule has 0 radical (unpaired) electrons. The van der Waals surface area contributed by atoms with Crippen molar-refractivity contribution < 1.29 is 19.1 Å². The Hall–Kier alpha value is -3.79. The van der Waals surface area contributed by atoms with E-state index in [-0.39, 0.29) is 0 Å². The Morgan fingerprint density at radius 1 is 1.13 bits per heavy atom. The summed E-state index contributed by atoms with van der Waals surface area (Å²) in [5.41, 5.74) is 3.94. The summed E-state index contributed by atoms with van der Waals surface area (Å²) in [6.07, 6.45) is 3.09. The second-order valence-electron chi connectivity index (χ2n) is 8.52. The van der Waals surface area contributed by atoms with Crippen LogP contribution in [0.4, 0.5) is 10.5 Å². The van der Waals surface area contributed by atoms with Crippen molar-refractivity contribution in [1.29, 1.82) is 0 Å². The molecule has 0 spiro atoms. The zero-order chi connectivity index (χ0) is 27.9. The average Bonchev–Trinajstić information content (AvgIpc) is 3.33. The van der Waals surface area contributed by atoms with Crippen LogP contribution in [0.25, 0.3) is 10.2 Å². The zero-order valence-electron chi connectivity index (χ0n) is 22.8. The molecular formula is C28H37N5O4S. The van der Waals surface area contributed by atoms with E-state index in [0.29, 0.717) is 44.2 Å². The van der Waals surface area contributed by atoms with E-state index in [0.717, 1.165) is 45.0 Å². The number of benzene rings is 2. The van der Waals surface area contributed by atoms with Crippen LogP contribution in [0.3, 0.4) is 0 Å². The van der Waals surface area contributed by atoms with Crippen LogP contribution >= 0.6 is 11.3 Å². The van der Waals surface area contributed by atoms with Gasteiger partial charge in [0.25, 0.3) is 6.47 Å². The van der Waals surface area contributed by atoms with Gasteiger partial charge in [-0.05, 0) is 50.5 Å². The number of nitrogens with one attached hydrogen (secondary N) is 1. The SMILES string of the molecule is CCCCN(C=O)C(=O)NC(=Nc1ccc2nc(CC)sc2c1)N(C)Cc1ccc(C)cc1.CCOC=O. The minimum absolute atomic E-state index is 0.368. The van der Waals surface area contributed by atoms with Crippen molar-refractivity contribution in [2.75, 3.05) is 20.2 Å². The van der Waals surface area contributed by atoms with Gasteiger partial charge in [0.15, 0.2) is 0 Å². The van der Waals surface area contributed by atoms with Gasteiger partial charge in [-0.3, -0.25) is 19.8 Å². The third kappa shape index (κ3) is 9.59. The van der Waals surface area contributed by atoms with Gasteiger partial charge in [0.1, 0.15) is 0 Å². The van der Waals surface area contributed by atoms with E-state index in [1.807, 2.05) is 44.0 Å². The van der Waals surface area contributed by atoms with Crippen molar-refractivity contribution in [3.63, 3.8) is 0 Å². The third-order valence-corrected chi connectivity index (χ3v) is 6.61. The Kier molecular flexibility index (Phi) is 12.9. The zero-order valence-corrected chi connectivity index (χ0v) is 23.6. The normalized spacial score (nSPS) is 10.8. The van der Waals surface area contributed by atoms with E-state index >= 15 is 0 Å². The van der Waals surface area contributed by atoms with E-state index in [1.165, 1.54) is 5.56 Å². The van der Waals surface area contributed by atoms with E-state index in [2.05, 4.69) is 46.2 Å². The maximum Gasteiger partial charge on any atom is 0.330 e. The number of aromatic nitrogens is 1. The second-order valence-corrected chi connectivity index (χ2v) is 9.64. The molecule has 38 heavy (non-hydrogen) atoms. The number of rotatable bonds is 10. The molecule has 10 heteroatoms. The molecule has 204 valence electrons. The Labute approximate surface area is 228 Å². The summed E-state index contributed by atoms with van der Waals surface area (Å²) in [5.74, 6) is 0.378. The number of hydrogen-bond acceptors (Lipinski definition) is 7. The van der Waals surface area contributed by atoms with Gasteiger partial charge in [0.05, 0.1) is 27.5 Å². The van der Waals surface area contributed by atoms with E-state index in [9.17, 15) is 14.4 Å². The van der Waals surface area contributed by atoms with Crippen LogP contribution in [-0.2, 0) is 27.3 Å². The summed E-state index contributed by atoms with van der Waals surface area (Å²) >= 11 is 1.65. The summed E-state index contributed by atoms with van der Waals surface area (Å²) in [6, 6.07) is 13.6. The van der Waals surface area contributed by atoms with E-state index in [1.54, 1.807) is 18.3 Å². The molecule has 2 aromatic carbocycles. The number of aryl methyl sites for hydroxylation is 2. The monoisotopic (exact) mass is 539 g/mol. The van der Waals surface area contributed by atoms with Crippen LogP contribution < -0.4 is 5.32 Å². The number of unbranched alkanes of at least 4 members (excludes halogenated alkanes) is 1. The Bertz CT molecular complexity index is 1210. The number of urea groups is 1. The van der Waals surface area contributed by atoms with Crippen molar-refractivity contribution in [1.82, 2.24) is 20.1 Å². The van der Waals surface area contributed by atoms with Gasteiger partial charge < -0.3 is 9.64 Å². The summed E-state index contributed by atoms with van der Waals surface area (Å²) < 4.78 is 5.21. The highest BCUT2D eigenvalue weighted by Crippen LogP contribution is 2.27. The molecule has 0 unspecified atom stereocenters. The first-order valence-electron chi connectivity index (χ1n) is 12.7. The van der Waals surface area contributed by atoms with Gasteiger partial charge in [-0.25, -0.2) is 14.8 Å². The lowest BCUT2D eigenvalue weighted by molar-refractivity contribution is -0.128. The number of hydrogen-bond donors (Lipinski definition) is 1. The van der Waals surface area contributed by atoms with Gasteiger partial charge in [0.2, 0.25) is 12.4 Å². The van der Waals surface area contributed by atoms with Crippen LogP contribution in [0.1, 0.15) is 49.7 Å². The van der Waals surface area contributed by atoms with Crippen LogP contribution in [0.2, 0.25) is 0 Å². The predicted molar refractivity (Wildman–Crippen MR) is 153 cm³/mol. The number of amides is 3. The van der Waals surface area contributed by atoms with Crippen molar-refractivity contribution >= 4 is 52.1 Å². The van der Waals surface area contributed by atoms with Crippen LogP contribution in [0.15, 0.2) is 47.5 Å². The fraction of sp³-hybridized carbons (Fsp3) is 0.393. The van der Waals surface area contributed by atoms with Crippen LogP contribution in [-0.4, -0.2) is 59.9 Å². The lowest BCUT2D eigenvalue weighted by Crippen LogP contribution is -2.48. The quantitative estimate of drug-likeness (QED) is 0.209. The summed E-state index contributed by atoms with van der Waals surface area (Å²) in [6.45, 7) is 9.73. The number of imide groups is 1. The highest BCUT2D eigenvalue weighted by Gasteiger charge is 2.17. The second kappa shape index (κ2) is 16.1. The Balaban J connectivity index is 0.000000926. The molecule has 1 aromatic heterocycles. The largest absolute Gasteiger partial charge is 0.468 e. The predicted octanol–water partition coefficient (Wildman–Crippen LogP) is 5.43. The molecule has 9 nitrogen and oxygen atoms in total. The van der Waals surface area contributed by atoms with Gasteiger partial charge in [-0.2, -0.15) is 0 Å². The van der Waals surface area contributed by atoms with E-state index in [4.69, 9.17) is 4.99 Å². The number of ether oxygens (including phenoxy) is 1. The fourth-order valence-corrected chi connectivity index (χ4v) is 4.26. The van der Waals surface area contributed by atoms with Gasteiger partial charge in [-0.1, -0.05) is 50.1 Å². The molecule has 1 N–H and O–H groups in total. The molecule has 0 saturated heterocycles. The number of carbonyl (C=O) groups excluding carboxylic acids is 3. The molecule has 3 rings (SSSR count). The minimum atomic E-state index is -0.486. The number of thiazole rings is 1. The van der Waals surface area contributed by atoms with Crippen LogP contribution in [0, 0.1) is 6.92 Å². The Morgan fingerprint density at radius 2 is 1.87 bits per heavy atom. The lowest BCUT2D eigenvalue weighted by atomic mass is 10.1. The first-order valence-corrected chi connectivity index (χ1v) is 13.5. The lowest BCUT2D eigenvalue weighted by Gasteiger charge is -2.24. The molecular weight excluding hydrogens is 502 g/mol. The molecule has 0 bridgehead atoms. The molecule has 1 heterocycles. The van der Waals surface area contributed by atoms with Crippen molar-refractivity contribution in [2.45, 2.75) is 53.5 Å². The first kappa shape index (κ1) is 30.4. The number of carbonyl (C=O) groups is 3. The minimum Gasteiger partial charge on any atom is -0.468 e. The highest BCUT2D eigenvalue weighted by molar-refractivity contribution is 7.18. The number of nitrogens with zero attached hydrogens (tertiary/aromatic N) is 4. The molecule has 0 saturated carbocycles. The first-order chi connectivity index (χ1) is 18.3. The van der Waals surface area contributed by atoms with Crippen LogP contribution in [0.5, 0.6) is 0 Å². The molecule has 0 aliphatic carbocycles. The maximum atomic E-state index is 12.8.